The number of aromatic hydroxyl groups is 2. The predicted molar refractivity (Wildman–Crippen MR) is 94.5 cm³/mol. The van der Waals surface area contributed by atoms with E-state index < -0.39 is 6.04 Å². The van der Waals surface area contributed by atoms with E-state index in [-0.39, 0.29) is 17.4 Å². The number of hydrazone groups is 1. The molecule has 2 aromatic rings. The average Bonchev–Trinajstić information content (AvgIpc) is 2.52. The van der Waals surface area contributed by atoms with Crippen molar-refractivity contribution in [3.63, 3.8) is 0 Å². The number of nitrogens with zero attached hydrogens (tertiary/aromatic N) is 1. The van der Waals surface area contributed by atoms with Crippen molar-refractivity contribution in [3.05, 3.63) is 53.1 Å². The van der Waals surface area contributed by atoms with Crippen molar-refractivity contribution >= 4 is 17.8 Å². The molecule has 0 aliphatic heterocycles. The monoisotopic (exact) mass is 327 g/mol. The molecule has 0 aliphatic carbocycles. The minimum absolute atomic E-state index is 0.0417. The zero-order valence-electron chi connectivity index (χ0n) is 13.9. The molecule has 1 amide bonds. The largest absolute Gasteiger partial charge is 0.508 e. The summed E-state index contributed by atoms with van der Waals surface area (Å²) < 4.78 is 0. The number of carbonyl (C=O) groups excluding carboxylic acids is 1. The molecular formula is C18H21N3O3. The molecule has 0 aliphatic rings. The zero-order valence-corrected chi connectivity index (χ0v) is 13.9. The van der Waals surface area contributed by atoms with Gasteiger partial charge >= 0.3 is 0 Å². The molecule has 0 fully saturated rings. The van der Waals surface area contributed by atoms with E-state index in [0.717, 1.165) is 16.8 Å². The van der Waals surface area contributed by atoms with Crippen LogP contribution in [0.15, 0.2) is 41.5 Å². The van der Waals surface area contributed by atoms with Gasteiger partial charge in [0.05, 0.1) is 6.21 Å². The Morgan fingerprint density at radius 2 is 1.92 bits per heavy atom. The summed E-state index contributed by atoms with van der Waals surface area (Å²) in [6, 6.07) is 9.60. The second kappa shape index (κ2) is 7.50. The van der Waals surface area contributed by atoms with Crippen LogP contribution in [0.2, 0.25) is 0 Å². The lowest BCUT2D eigenvalue weighted by Crippen LogP contribution is -2.35. The van der Waals surface area contributed by atoms with Gasteiger partial charge in [0.25, 0.3) is 5.91 Å². The number of hydrogen-bond acceptors (Lipinski definition) is 5. The number of phenols is 2. The molecule has 24 heavy (non-hydrogen) atoms. The van der Waals surface area contributed by atoms with E-state index in [1.807, 2.05) is 32.0 Å². The van der Waals surface area contributed by atoms with Crippen LogP contribution in [0.1, 0.15) is 23.6 Å². The summed E-state index contributed by atoms with van der Waals surface area (Å²) in [6.45, 7) is 5.73. The van der Waals surface area contributed by atoms with Crippen LogP contribution < -0.4 is 10.7 Å². The third-order valence-electron chi connectivity index (χ3n) is 3.54. The Labute approximate surface area is 140 Å². The number of benzene rings is 2. The van der Waals surface area contributed by atoms with Crippen LogP contribution in [0.5, 0.6) is 11.5 Å². The Morgan fingerprint density at radius 1 is 1.17 bits per heavy atom. The number of amides is 1. The van der Waals surface area contributed by atoms with Gasteiger partial charge < -0.3 is 15.5 Å². The van der Waals surface area contributed by atoms with Crippen LogP contribution >= 0.6 is 0 Å². The normalized spacial score (nSPS) is 12.1. The molecule has 2 rings (SSSR count). The van der Waals surface area contributed by atoms with Gasteiger partial charge in [0.2, 0.25) is 0 Å². The van der Waals surface area contributed by atoms with Crippen LogP contribution in [0, 0.1) is 13.8 Å². The first-order chi connectivity index (χ1) is 11.4. The van der Waals surface area contributed by atoms with Crippen LogP contribution in [-0.4, -0.2) is 28.4 Å². The minimum atomic E-state index is -0.475. The number of hydrogen-bond donors (Lipinski definition) is 4. The van der Waals surface area contributed by atoms with Crippen molar-refractivity contribution < 1.29 is 15.0 Å². The fourth-order valence-corrected chi connectivity index (χ4v) is 2.18. The quantitative estimate of drug-likeness (QED) is 0.502. The molecule has 6 heteroatoms. The van der Waals surface area contributed by atoms with Crippen molar-refractivity contribution in [1.29, 1.82) is 0 Å². The first kappa shape index (κ1) is 17.3. The van der Waals surface area contributed by atoms with Gasteiger partial charge in [-0.2, -0.15) is 5.10 Å². The Balaban J connectivity index is 1.95. The predicted octanol–water partition coefficient (Wildman–Crippen LogP) is 2.67. The highest BCUT2D eigenvalue weighted by atomic mass is 16.3. The summed E-state index contributed by atoms with van der Waals surface area (Å²) >= 11 is 0. The summed E-state index contributed by atoms with van der Waals surface area (Å²) in [5.74, 6) is -0.459. The molecule has 126 valence electrons. The van der Waals surface area contributed by atoms with E-state index >= 15 is 0 Å². The van der Waals surface area contributed by atoms with E-state index in [2.05, 4.69) is 15.8 Å². The van der Waals surface area contributed by atoms with Crippen molar-refractivity contribution in [2.45, 2.75) is 26.8 Å². The number of phenolic OH excluding ortho intramolecular Hbond substituents is 2. The number of anilines is 1. The first-order valence-corrected chi connectivity index (χ1v) is 7.55. The number of aryl methyl sites for hydroxylation is 2. The summed E-state index contributed by atoms with van der Waals surface area (Å²) in [4.78, 5) is 12.1. The average molecular weight is 327 g/mol. The maximum atomic E-state index is 12.1. The maximum Gasteiger partial charge on any atom is 0.262 e. The van der Waals surface area contributed by atoms with Gasteiger partial charge in [-0.3, -0.25) is 4.79 Å². The van der Waals surface area contributed by atoms with Crippen molar-refractivity contribution in [3.8, 4) is 11.5 Å². The molecule has 0 heterocycles. The van der Waals surface area contributed by atoms with E-state index in [9.17, 15) is 15.0 Å². The molecule has 0 saturated carbocycles. The fourth-order valence-electron chi connectivity index (χ4n) is 2.18. The Morgan fingerprint density at radius 3 is 2.58 bits per heavy atom. The Kier molecular flexibility index (Phi) is 5.42. The lowest BCUT2D eigenvalue weighted by Gasteiger charge is -2.15. The van der Waals surface area contributed by atoms with Gasteiger partial charge in [0, 0.05) is 17.3 Å². The van der Waals surface area contributed by atoms with E-state index in [1.54, 1.807) is 6.92 Å². The first-order valence-electron chi connectivity index (χ1n) is 7.55. The SMILES string of the molecule is Cc1ccc(NC(C)C(=O)NN=Cc2ccc(O)cc2O)c(C)c1. The van der Waals surface area contributed by atoms with Gasteiger partial charge in [0.15, 0.2) is 0 Å². The molecule has 0 radical (unpaired) electrons. The third kappa shape index (κ3) is 4.49. The Bertz CT molecular complexity index is 772. The van der Waals surface area contributed by atoms with Gasteiger partial charge in [-0.1, -0.05) is 17.7 Å². The van der Waals surface area contributed by atoms with Crippen LogP contribution in [0.25, 0.3) is 0 Å². The molecule has 1 unspecified atom stereocenters. The van der Waals surface area contributed by atoms with Crippen molar-refractivity contribution in [1.82, 2.24) is 5.43 Å². The third-order valence-corrected chi connectivity index (χ3v) is 3.54. The highest BCUT2D eigenvalue weighted by Gasteiger charge is 2.12. The molecule has 6 nitrogen and oxygen atoms in total. The Hall–Kier alpha value is -3.02. The van der Waals surface area contributed by atoms with Crippen LogP contribution in [-0.2, 0) is 4.79 Å². The van der Waals surface area contributed by atoms with Crippen molar-refractivity contribution in [2.24, 2.45) is 5.10 Å². The lowest BCUT2D eigenvalue weighted by molar-refractivity contribution is -0.121. The van der Waals surface area contributed by atoms with Crippen molar-refractivity contribution in [2.75, 3.05) is 5.32 Å². The summed E-state index contributed by atoms with van der Waals surface area (Å²) in [5, 5.41) is 25.8. The fraction of sp³-hybridized carbons (Fsp3) is 0.222. The van der Waals surface area contributed by atoms with Gasteiger partial charge in [0.1, 0.15) is 17.5 Å². The van der Waals surface area contributed by atoms with Gasteiger partial charge in [-0.15, -0.1) is 0 Å². The highest BCUT2D eigenvalue weighted by molar-refractivity contribution is 5.87. The lowest BCUT2D eigenvalue weighted by atomic mass is 10.1. The second-order valence-corrected chi connectivity index (χ2v) is 5.66. The molecule has 0 saturated heterocycles. The topological polar surface area (TPSA) is 94.0 Å². The minimum Gasteiger partial charge on any atom is -0.508 e. The van der Waals surface area contributed by atoms with E-state index in [0.29, 0.717) is 5.56 Å². The number of nitrogens with one attached hydrogen (secondary N) is 2. The summed E-state index contributed by atoms with van der Waals surface area (Å²) in [7, 11) is 0. The number of carbonyl (C=O) groups is 1. The maximum absolute atomic E-state index is 12.1. The zero-order chi connectivity index (χ0) is 17.7. The molecule has 1 atom stereocenters. The second-order valence-electron chi connectivity index (χ2n) is 5.66. The highest BCUT2D eigenvalue weighted by Crippen LogP contribution is 2.20. The van der Waals surface area contributed by atoms with Crippen LogP contribution in [0.3, 0.4) is 0 Å². The van der Waals surface area contributed by atoms with E-state index in [4.69, 9.17) is 0 Å². The summed E-state index contributed by atoms with van der Waals surface area (Å²) in [5.41, 5.74) is 5.92. The standard InChI is InChI=1S/C18H21N3O3/c1-11-4-7-16(12(2)8-11)20-13(3)18(24)21-19-10-14-5-6-15(22)9-17(14)23/h4-10,13,20,22-23H,1-3H3,(H,21,24). The molecule has 0 spiro atoms. The van der Waals surface area contributed by atoms with E-state index in [1.165, 1.54) is 24.4 Å². The molecule has 4 N–H and O–H groups in total. The summed E-state index contributed by atoms with van der Waals surface area (Å²) in [6.07, 6.45) is 1.32. The smallest absolute Gasteiger partial charge is 0.262 e. The van der Waals surface area contributed by atoms with Gasteiger partial charge in [-0.05, 0) is 44.5 Å². The molecular weight excluding hydrogens is 306 g/mol. The molecule has 0 bridgehead atoms. The number of rotatable bonds is 5. The molecule has 0 aromatic heterocycles. The van der Waals surface area contributed by atoms with Crippen LogP contribution in [0.4, 0.5) is 5.69 Å². The van der Waals surface area contributed by atoms with Gasteiger partial charge in [-0.25, -0.2) is 5.43 Å². The molecule has 2 aromatic carbocycles.